The van der Waals surface area contributed by atoms with Crippen molar-refractivity contribution in [2.24, 2.45) is 5.41 Å². The van der Waals surface area contributed by atoms with Gasteiger partial charge in [-0.05, 0) is 38.5 Å². The number of cyclic esters (lactones) is 1. The summed E-state index contributed by atoms with van der Waals surface area (Å²) in [7, 11) is 0. The Morgan fingerprint density at radius 1 is 1.21 bits per heavy atom. The monoisotopic (exact) mass is 331 g/mol. The second kappa shape index (κ2) is 6.50. The lowest BCUT2D eigenvalue weighted by Crippen LogP contribution is -2.43. The standard InChI is InChI=1S/C20H29NO3/c1-8-20(6,7)17-16(21-18(22)23-17)13(2)14-9-11-15(12-10-14)24-19(3,4)5/h8-13,16-17H,1H2,2-7H3,(H,21,22)/t13?,16-,17+/m1/s1. The van der Waals surface area contributed by atoms with E-state index in [-0.39, 0.29) is 35.2 Å². The Hall–Kier alpha value is -1.97. The van der Waals surface area contributed by atoms with Gasteiger partial charge < -0.3 is 14.8 Å². The zero-order chi connectivity index (χ0) is 18.1. The molecule has 3 atom stereocenters. The molecule has 0 saturated carbocycles. The van der Waals surface area contributed by atoms with E-state index in [2.05, 4.69) is 18.8 Å². The van der Waals surface area contributed by atoms with E-state index in [1.807, 2.05) is 65.0 Å². The van der Waals surface area contributed by atoms with Gasteiger partial charge in [0, 0.05) is 11.3 Å². The fourth-order valence-corrected chi connectivity index (χ4v) is 2.95. The molecule has 0 aromatic heterocycles. The second-order valence-corrected chi connectivity index (χ2v) is 8.09. The summed E-state index contributed by atoms with van der Waals surface area (Å²) in [6, 6.07) is 7.95. The third kappa shape index (κ3) is 4.11. The highest BCUT2D eigenvalue weighted by Crippen LogP contribution is 2.36. The van der Waals surface area contributed by atoms with Crippen molar-refractivity contribution in [3.63, 3.8) is 0 Å². The van der Waals surface area contributed by atoms with Gasteiger partial charge in [-0.3, -0.25) is 0 Å². The van der Waals surface area contributed by atoms with Gasteiger partial charge in [-0.2, -0.15) is 0 Å². The van der Waals surface area contributed by atoms with Crippen molar-refractivity contribution in [3.8, 4) is 5.75 Å². The van der Waals surface area contributed by atoms with E-state index < -0.39 is 0 Å². The van der Waals surface area contributed by atoms with Crippen LogP contribution in [0.3, 0.4) is 0 Å². The van der Waals surface area contributed by atoms with Crippen LogP contribution in [0.5, 0.6) is 5.75 Å². The van der Waals surface area contributed by atoms with E-state index >= 15 is 0 Å². The van der Waals surface area contributed by atoms with Crippen molar-refractivity contribution in [3.05, 3.63) is 42.5 Å². The number of carbonyl (C=O) groups is 1. The first-order chi connectivity index (χ1) is 11.0. The lowest BCUT2D eigenvalue weighted by Gasteiger charge is -2.33. The maximum absolute atomic E-state index is 11.8. The highest BCUT2D eigenvalue weighted by molar-refractivity contribution is 5.70. The maximum Gasteiger partial charge on any atom is 0.407 e. The molecule has 4 heteroatoms. The molecule has 0 bridgehead atoms. The molecular formula is C20H29NO3. The van der Waals surface area contributed by atoms with Crippen molar-refractivity contribution in [1.29, 1.82) is 0 Å². The van der Waals surface area contributed by atoms with Gasteiger partial charge in [0.05, 0.1) is 6.04 Å². The quantitative estimate of drug-likeness (QED) is 0.799. The molecule has 1 saturated heterocycles. The molecule has 24 heavy (non-hydrogen) atoms. The van der Waals surface area contributed by atoms with Crippen LogP contribution in [0.25, 0.3) is 0 Å². The Bertz CT molecular complexity index is 598. The molecule has 1 aliphatic heterocycles. The number of rotatable bonds is 5. The van der Waals surface area contributed by atoms with Crippen LogP contribution in [0.2, 0.25) is 0 Å². The number of carbonyl (C=O) groups excluding carboxylic acids is 1. The lowest BCUT2D eigenvalue weighted by atomic mass is 9.77. The summed E-state index contributed by atoms with van der Waals surface area (Å²) in [5.41, 5.74) is 0.615. The van der Waals surface area contributed by atoms with Crippen LogP contribution in [0.4, 0.5) is 4.79 Å². The van der Waals surface area contributed by atoms with E-state index in [1.54, 1.807) is 0 Å². The predicted molar refractivity (Wildman–Crippen MR) is 96.4 cm³/mol. The summed E-state index contributed by atoms with van der Waals surface area (Å²) in [6.45, 7) is 16.1. The molecule has 1 aliphatic rings. The number of amides is 1. The van der Waals surface area contributed by atoms with Gasteiger partial charge in [-0.15, -0.1) is 6.58 Å². The SMILES string of the molecule is C=CC(C)(C)[C@H]1OC(=O)N[C@@H]1C(C)c1ccc(OC(C)(C)C)cc1. The highest BCUT2D eigenvalue weighted by atomic mass is 16.6. The van der Waals surface area contributed by atoms with Crippen molar-refractivity contribution in [1.82, 2.24) is 5.32 Å². The predicted octanol–water partition coefficient (Wildman–Crippen LogP) is 4.66. The van der Waals surface area contributed by atoms with Crippen LogP contribution < -0.4 is 10.1 Å². The van der Waals surface area contributed by atoms with Crippen LogP contribution in [-0.4, -0.2) is 23.8 Å². The molecule has 1 fully saturated rings. The zero-order valence-electron chi connectivity index (χ0n) is 15.6. The van der Waals surface area contributed by atoms with E-state index in [1.165, 1.54) is 0 Å². The topological polar surface area (TPSA) is 47.6 Å². The van der Waals surface area contributed by atoms with Crippen molar-refractivity contribution in [2.45, 2.75) is 65.2 Å². The van der Waals surface area contributed by atoms with Crippen molar-refractivity contribution < 1.29 is 14.3 Å². The average molecular weight is 331 g/mol. The van der Waals surface area contributed by atoms with E-state index in [4.69, 9.17) is 9.47 Å². The molecule has 4 nitrogen and oxygen atoms in total. The highest BCUT2D eigenvalue weighted by Gasteiger charge is 2.45. The summed E-state index contributed by atoms with van der Waals surface area (Å²) in [4.78, 5) is 11.8. The molecular weight excluding hydrogens is 302 g/mol. The average Bonchev–Trinajstić information content (AvgIpc) is 2.88. The van der Waals surface area contributed by atoms with Crippen LogP contribution in [0.1, 0.15) is 53.0 Å². The first kappa shape index (κ1) is 18.4. The van der Waals surface area contributed by atoms with Gasteiger partial charge in [-0.25, -0.2) is 4.79 Å². The molecule has 0 radical (unpaired) electrons. The third-order valence-electron chi connectivity index (χ3n) is 4.47. The smallest absolute Gasteiger partial charge is 0.407 e. The number of nitrogens with one attached hydrogen (secondary N) is 1. The normalized spacial score (nSPS) is 22.5. The zero-order valence-corrected chi connectivity index (χ0v) is 15.6. The summed E-state index contributed by atoms with van der Waals surface area (Å²) >= 11 is 0. The molecule has 1 N–H and O–H groups in total. The lowest BCUT2D eigenvalue weighted by molar-refractivity contribution is 0.0671. The Morgan fingerprint density at radius 2 is 1.79 bits per heavy atom. The van der Waals surface area contributed by atoms with E-state index in [0.717, 1.165) is 11.3 Å². The van der Waals surface area contributed by atoms with E-state index in [9.17, 15) is 4.79 Å². The van der Waals surface area contributed by atoms with Gasteiger partial charge in [0.2, 0.25) is 0 Å². The number of benzene rings is 1. The van der Waals surface area contributed by atoms with Crippen LogP contribution in [0, 0.1) is 5.41 Å². The molecule has 132 valence electrons. The molecule has 1 heterocycles. The summed E-state index contributed by atoms with van der Waals surface area (Å²) in [5, 5.41) is 2.96. The van der Waals surface area contributed by atoms with Crippen molar-refractivity contribution >= 4 is 6.09 Å². The molecule has 1 unspecified atom stereocenters. The fourth-order valence-electron chi connectivity index (χ4n) is 2.95. The number of hydrogen-bond donors (Lipinski definition) is 1. The van der Waals surface area contributed by atoms with Crippen molar-refractivity contribution in [2.75, 3.05) is 0 Å². The summed E-state index contributed by atoms with van der Waals surface area (Å²) in [6.07, 6.45) is 1.24. The molecule has 1 aromatic carbocycles. The minimum atomic E-state index is -0.362. The van der Waals surface area contributed by atoms with E-state index in [0.29, 0.717) is 0 Å². The number of alkyl carbamates (subject to hydrolysis) is 1. The molecule has 0 aliphatic carbocycles. The molecule has 1 aromatic rings. The fraction of sp³-hybridized carbons (Fsp3) is 0.550. The van der Waals surface area contributed by atoms with Crippen LogP contribution in [-0.2, 0) is 4.74 Å². The first-order valence-corrected chi connectivity index (χ1v) is 8.43. The summed E-state index contributed by atoms with van der Waals surface area (Å²) in [5.74, 6) is 0.956. The summed E-state index contributed by atoms with van der Waals surface area (Å²) < 4.78 is 11.4. The number of ether oxygens (including phenoxy) is 2. The Balaban J connectivity index is 2.19. The Kier molecular flexibility index (Phi) is 4.97. The Labute approximate surface area is 145 Å². The van der Waals surface area contributed by atoms with Crippen LogP contribution >= 0.6 is 0 Å². The minimum absolute atomic E-state index is 0.0973. The second-order valence-electron chi connectivity index (χ2n) is 8.09. The third-order valence-corrected chi connectivity index (χ3v) is 4.47. The first-order valence-electron chi connectivity index (χ1n) is 8.43. The largest absolute Gasteiger partial charge is 0.488 e. The molecule has 0 spiro atoms. The van der Waals surface area contributed by atoms with Gasteiger partial charge in [0.1, 0.15) is 17.5 Å². The van der Waals surface area contributed by atoms with Gasteiger partial charge in [-0.1, -0.05) is 39.0 Å². The van der Waals surface area contributed by atoms with Gasteiger partial charge in [0.25, 0.3) is 0 Å². The number of hydrogen-bond acceptors (Lipinski definition) is 3. The van der Waals surface area contributed by atoms with Gasteiger partial charge >= 0.3 is 6.09 Å². The Morgan fingerprint density at radius 3 is 2.29 bits per heavy atom. The minimum Gasteiger partial charge on any atom is -0.488 e. The maximum atomic E-state index is 11.8. The van der Waals surface area contributed by atoms with Crippen LogP contribution in [0.15, 0.2) is 36.9 Å². The molecule has 1 amide bonds. The molecule has 2 rings (SSSR count). The van der Waals surface area contributed by atoms with Gasteiger partial charge in [0.15, 0.2) is 0 Å².